The minimum Gasteiger partial charge on any atom is -0.497 e. The molecule has 1 aromatic carbocycles. The molecule has 38 heavy (non-hydrogen) atoms. The van der Waals surface area contributed by atoms with Crippen molar-refractivity contribution in [3.63, 3.8) is 0 Å². The minimum atomic E-state index is -0.797. The molecule has 0 amide bonds. The first-order chi connectivity index (χ1) is 18.4. The number of hydrogen-bond acceptors (Lipinski definition) is 10. The quantitative estimate of drug-likeness (QED) is 0.421. The van der Waals surface area contributed by atoms with Gasteiger partial charge in [0.1, 0.15) is 23.3 Å². The minimum absolute atomic E-state index is 0.191. The van der Waals surface area contributed by atoms with Gasteiger partial charge in [0.25, 0.3) is 5.56 Å². The number of fused-ring (bicyclic) bond motifs is 1. The number of ether oxygens (including phenoxy) is 4. The summed E-state index contributed by atoms with van der Waals surface area (Å²) in [5, 5.41) is 0. The van der Waals surface area contributed by atoms with Gasteiger partial charge in [0, 0.05) is 36.9 Å². The van der Waals surface area contributed by atoms with Crippen LogP contribution in [0.15, 0.2) is 55.8 Å². The number of allylic oxidation sites excluding steroid dienone is 1. The molecule has 0 N–H and O–H groups in total. The van der Waals surface area contributed by atoms with Gasteiger partial charge in [-0.1, -0.05) is 11.3 Å². The lowest BCUT2D eigenvalue weighted by molar-refractivity contribution is -0.139. The molecule has 1 saturated heterocycles. The topological polar surface area (TPSA) is 105 Å². The molecular weight excluding hydrogens is 510 g/mol. The largest absolute Gasteiger partial charge is 0.497 e. The first-order valence-electron chi connectivity index (χ1n) is 12.3. The van der Waals surface area contributed by atoms with E-state index in [4.69, 9.17) is 23.4 Å². The number of rotatable bonds is 7. The van der Waals surface area contributed by atoms with Crippen LogP contribution in [-0.4, -0.2) is 57.7 Å². The van der Waals surface area contributed by atoms with Crippen LogP contribution < -0.4 is 29.3 Å². The van der Waals surface area contributed by atoms with Gasteiger partial charge in [-0.2, -0.15) is 0 Å². The molecule has 10 nitrogen and oxygen atoms in total. The van der Waals surface area contributed by atoms with Crippen molar-refractivity contribution in [2.45, 2.75) is 19.9 Å². The number of nitrogens with zero attached hydrogens (tertiary/aromatic N) is 3. The van der Waals surface area contributed by atoms with Gasteiger partial charge in [-0.05, 0) is 32.0 Å². The van der Waals surface area contributed by atoms with Crippen LogP contribution in [0.5, 0.6) is 11.5 Å². The molecule has 0 unspecified atom stereocenters. The number of morpholine rings is 1. The first kappa shape index (κ1) is 25.8. The molecule has 0 radical (unpaired) electrons. The predicted molar refractivity (Wildman–Crippen MR) is 142 cm³/mol. The third-order valence-electron chi connectivity index (χ3n) is 6.46. The van der Waals surface area contributed by atoms with Crippen LogP contribution in [0.25, 0.3) is 6.08 Å². The van der Waals surface area contributed by atoms with E-state index < -0.39 is 12.0 Å². The van der Waals surface area contributed by atoms with Crippen molar-refractivity contribution in [2.24, 2.45) is 4.99 Å². The van der Waals surface area contributed by atoms with Crippen molar-refractivity contribution in [1.29, 1.82) is 0 Å². The van der Waals surface area contributed by atoms with Crippen molar-refractivity contribution in [1.82, 2.24) is 4.57 Å². The van der Waals surface area contributed by atoms with Gasteiger partial charge in [0.2, 0.25) is 0 Å². The normalized spacial score (nSPS) is 17.7. The maximum atomic E-state index is 13.8. The van der Waals surface area contributed by atoms with Crippen LogP contribution in [0.2, 0.25) is 0 Å². The molecule has 1 fully saturated rings. The highest BCUT2D eigenvalue weighted by Crippen LogP contribution is 2.37. The second kappa shape index (κ2) is 10.9. The zero-order valence-corrected chi connectivity index (χ0v) is 22.5. The van der Waals surface area contributed by atoms with E-state index in [2.05, 4.69) is 9.89 Å². The summed E-state index contributed by atoms with van der Waals surface area (Å²) in [6.07, 6.45) is 1.71. The smallest absolute Gasteiger partial charge is 0.338 e. The number of furan rings is 1. The average Bonchev–Trinajstić information content (AvgIpc) is 3.52. The molecule has 200 valence electrons. The maximum absolute atomic E-state index is 13.8. The fourth-order valence-electron chi connectivity index (χ4n) is 4.63. The Bertz CT molecular complexity index is 1560. The summed E-state index contributed by atoms with van der Waals surface area (Å²) >= 11 is 1.23. The van der Waals surface area contributed by atoms with Gasteiger partial charge in [0.15, 0.2) is 10.7 Å². The number of anilines is 1. The lowest BCUT2D eigenvalue weighted by Crippen LogP contribution is -2.40. The van der Waals surface area contributed by atoms with E-state index in [9.17, 15) is 9.59 Å². The average molecular weight is 540 g/mol. The number of methoxy groups -OCH3 is 2. The number of carbonyl (C=O) groups is 1. The maximum Gasteiger partial charge on any atom is 0.338 e. The zero-order valence-electron chi connectivity index (χ0n) is 21.7. The summed E-state index contributed by atoms with van der Waals surface area (Å²) in [6.45, 7) is 6.45. The standard InChI is InChI=1S/C27H29N3O7S/c1-5-36-26(32)23-16(2)28-27-30(24(23)19-8-6-17(33-3)14-20(19)34-4)25(31)21(38-27)15-18-7-9-22(37-18)29-10-12-35-13-11-29/h6-9,14-15,24H,5,10-13H2,1-4H3/b21-15+/t24-/m0/s1. The Labute approximate surface area is 223 Å². The number of hydrogen-bond donors (Lipinski definition) is 0. The van der Waals surface area contributed by atoms with E-state index in [1.807, 2.05) is 12.1 Å². The summed E-state index contributed by atoms with van der Waals surface area (Å²) in [5.41, 5.74) is 1.08. The van der Waals surface area contributed by atoms with Gasteiger partial charge in [-0.15, -0.1) is 0 Å². The molecule has 0 spiro atoms. The van der Waals surface area contributed by atoms with Gasteiger partial charge in [0.05, 0.1) is 49.8 Å². The number of carbonyl (C=O) groups excluding carboxylic acids is 1. The number of aromatic nitrogens is 1. The fourth-order valence-corrected chi connectivity index (χ4v) is 5.66. The van der Waals surface area contributed by atoms with Gasteiger partial charge in [-0.25, -0.2) is 9.79 Å². The van der Waals surface area contributed by atoms with E-state index in [-0.39, 0.29) is 17.7 Å². The second-order valence-electron chi connectivity index (χ2n) is 8.69. The molecule has 0 aliphatic carbocycles. The van der Waals surface area contributed by atoms with E-state index in [0.717, 1.165) is 19.0 Å². The third kappa shape index (κ3) is 4.74. The van der Waals surface area contributed by atoms with Crippen LogP contribution in [0.4, 0.5) is 5.88 Å². The van der Waals surface area contributed by atoms with E-state index >= 15 is 0 Å². The van der Waals surface area contributed by atoms with Crippen molar-refractivity contribution in [3.05, 3.63) is 72.6 Å². The molecule has 3 aromatic rings. The Hall–Kier alpha value is -3.83. The summed E-state index contributed by atoms with van der Waals surface area (Å²) in [4.78, 5) is 34.2. The number of thiazole rings is 1. The third-order valence-corrected chi connectivity index (χ3v) is 7.44. The Kier molecular flexibility index (Phi) is 7.39. The molecule has 1 atom stereocenters. The summed E-state index contributed by atoms with van der Waals surface area (Å²) in [7, 11) is 3.09. The summed E-state index contributed by atoms with van der Waals surface area (Å²) < 4.78 is 29.8. The Balaban J connectivity index is 1.64. The van der Waals surface area contributed by atoms with Crippen molar-refractivity contribution in [2.75, 3.05) is 52.0 Å². The number of esters is 1. The van der Waals surface area contributed by atoms with Crippen LogP contribution in [0, 0.1) is 0 Å². The molecule has 0 saturated carbocycles. The molecule has 2 aliphatic heterocycles. The Morgan fingerprint density at radius 2 is 1.97 bits per heavy atom. The van der Waals surface area contributed by atoms with Gasteiger partial charge >= 0.3 is 5.97 Å². The highest BCUT2D eigenvalue weighted by Gasteiger charge is 2.35. The number of benzene rings is 1. The Morgan fingerprint density at radius 1 is 1.18 bits per heavy atom. The van der Waals surface area contributed by atoms with Crippen molar-refractivity contribution >= 4 is 29.3 Å². The van der Waals surface area contributed by atoms with E-state index in [1.54, 1.807) is 45.2 Å². The molecule has 5 rings (SSSR count). The highest BCUT2D eigenvalue weighted by molar-refractivity contribution is 7.07. The molecule has 11 heteroatoms. The highest BCUT2D eigenvalue weighted by atomic mass is 32.1. The molecule has 4 heterocycles. The van der Waals surface area contributed by atoms with E-state index in [0.29, 0.717) is 51.1 Å². The molecule has 2 aliphatic rings. The monoisotopic (exact) mass is 539 g/mol. The predicted octanol–water partition coefficient (Wildman–Crippen LogP) is 2.25. The van der Waals surface area contributed by atoms with Crippen molar-refractivity contribution in [3.8, 4) is 11.5 Å². The van der Waals surface area contributed by atoms with Crippen LogP contribution in [0.1, 0.15) is 31.2 Å². The summed E-state index contributed by atoms with van der Waals surface area (Å²) in [5.74, 6) is 1.81. The zero-order chi connectivity index (χ0) is 26.8. The molecule has 0 bridgehead atoms. The van der Waals surface area contributed by atoms with Gasteiger partial charge < -0.3 is 28.3 Å². The fraction of sp³-hybridized carbons (Fsp3) is 0.370. The lowest BCUT2D eigenvalue weighted by Gasteiger charge is -2.26. The van der Waals surface area contributed by atoms with E-state index in [1.165, 1.54) is 23.0 Å². The molecule has 2 aromatic heterocycles. The lowest BCUT2D eigenvalue weighted by atomic mass is 9.95. The van der Waals surface area contributed by atoms with Crippen molar-refractivity contribution < 1.29 is 28.2 Å². The second-order valence-corrected chi connectivity index (χ2v) is 9.69. The van der Waals surface area contributed by atoms with Crippen LogP contribution in [-0.2, 0) is 14.3 Å². The Morgan fingerprint density at radius 3 is 2.68 bits per heavy atom. The summed E-state index contributed by atoms with van der Waals surface area (Å²) in [6, 6.07) is 8.21. The first-order valence-corrected chi connectivity index (χ1v) is 13.1. The SMILES string of the molecule is CCOC(=O)C1=C(C)N=c2s/c(=C/c3ccc(N4CCOCC4)o3)c(=O)n2[C@H]1c1ccc(OC)cc1OC. The van der Waals surface area contributed by atoms with Gasteiger partial charge in [-0.3, -0.25) is 9.36 Å². The molecular formula is C27H29N3O7S. The van der Waals surface area contributed by atoms with Crippen LogP contribution in [0.3, 0.4) is 0 Å². The van der Waals surface area contributed by atoms with Crippen LogP contribution >= 0.6 is 11.3 Å².